The fourth-order valence-electron chi connectivity index (χ4n) is 1.80. The van der Waals surface area contributed by atoms with Crippen LogP contribution < -0.4 is 10.6 Å². The molecule has 114 valence electrons. The number of halogens is 2. The maximum Gasteiger partial charge on any atom is 0.251 e. The van der Waals surface area contributed by atoms with Gasteiger partial charge in [-0.15, -0.1) is 0 Å². The van der Waals surface area contributed by atoms with Gasteiger partial charge in [-0.1, -0.05) is 29.8 Å². The normalized spacial score (nSPS) is 10.1. The Hall–Kier alpha value is -2.40. The molecule has 0 saturated carbocycles. The summed E-state index contributed by atoms with van der Waals surface area (Å²) >= 11 is 5.84. The summed E-state index contributed by atoms with van der Waals surface area (Å²) in [5.41, 5.74) is 1.03. The number of amides is 2. The fraction of sp³-hybridized carbons (Fsp3) is 0.125. The Morgan fingerprint density at radius 2 is 1.82 bits per heavy atom. The standard InChI is InChI=1S/C16H14ClFN2O2/c17-13-5-1-3-11(7-13)9-19-15(21)10-20-16(22)12-4-2-6-14(18)8-12/h1-8H,9-10H2,(H,19,21)(H,20,22). The van der Waals surface area contributed by atoms with E-state index in [-0.39, 0.29) is 18.0 Å². The third-order valence-electron chi connectivity index (χ3n) is 2.88. The first-order valence-electron chi connectivity index (χ1n) is 6.59. The Morgan fingerprint density at radius 3 is 2.55 bits per heavy atom. The van der Waals surface area contributed by atoms with Crippen LogP contribution in [-0.4, -0.2) is 18.4 Å². The van der Waals surface area contributed by atoms with Crippen molar-refractivity contribution in [3.05, 3.63) is 70.5 Å². The van der Waals surface area contributed by atoms with Crippen molar-refractivity contribution in [2.45, 2.75) is 6.54 Å². The van der Waals surface area contributed by atoms with Gasteiger partial charge in [-0.05, 0) is 35.9 Å². The summed E-state index contributed by atoms with van der Waals surface area (Å²) in [6.45, 7) is 0.130. The van der Waals surface area contributed by atoms with Gasteiger partial charge in [-0.2, -0.15) is 0 Å². The average molecular weight is 321 g/mol. The van der Waals surface area contributed by atoms with E-state index >= 15 is 0 Å². The van der Waals surface area contributed by atoms with E-state index < -0.39 is 11.7 Å². The highest BCUT2D eigenvalue weighted by atomic mass is 35.5. The van der Waals surface area contributed by atoms with Crippen LogP contribution in [0.5, 0.6) is 0 Å². The molecule has 0 heterocycles. The van der Waals surface area contributed by atoms with Crippen molar-refractivity contribution in [2.24, 2.45) is 0 Å². The number of carbonyl (C=O) groups is 2. The minimum Gasteiger partial charge on any atom is -0.350 e. The summed E-state index contributed by atoms with van der Waals surface area (Å²) in [6.07, 6.45) is 0. The van der Waals surface area contributed by atoms with Gasteiger partial charge in [0.2, 0.25) is 5.91 Å². The second-order valence-electron chi connectivity index (χ2n) is 4.60. The maximum atomic E-state index is 13.0. The van der Waals surface area contributed by atoms with Gasteiger partial charge in [-0.25, -0.2) is 4.39 Å². The molecule has 0 radical (unpaired) electrons. The number of carbonyl (C=O) groups excluding carboxylic acids is 2. The Labute approximate surface area is 132 Å². The minimum atomic E-state index is -0.502. The van der Waals surface area contributed by atoms with Crippen molar-refractivity contribution in [2.75, 3.05) is 6.54 Å². The number of hydrogen-bond acceptors (Lipinski definition) is 2. The fourth-order valence-corrected chi connectivity index (χ4v) is 2.02. The maximum absolute atomic E-state index is 13.0. The van der Waals surface area contributed by atoms with Crippen LogP contribution in [0.25, 0.3) is 0 Å². The molecule has 0 saturated heterocycles. The molecule has 2 rings (SSSR count). The lowest BCUT2D eigenvalue weighted by Gasteiger charge is -2.07. The molecule has 0 aromatic heterocycles. The van der Waals surface area contributed by atoms with Crippen LogP contribution in [-0.2, 0) is 11.3 Å². The molecule has 0 aliphatic heterocycles. The molecule has 0 spiro atoms. The van der Waals surface area contributed by atoms with E-state index in [2.05, 4.69) is 10.6 Å². The van der Waals surface area contributed by atoms with E-state index in [0.717, 1.165) is 11.6 Å². The van der Waals surface area contributed by atoms with Crippen LogP contribution in [0.4, 0.5) is 4.39 Å². The zero-order valence-corrected chi connectivity index (χ0v) is 12.4. The van der Waals surface area contributed by atoms with E-state index in [9.17, 15) is 14.0 Å². The lowest BCUT2D eigenvalue weighted by Crippen LogP contribution is -2.36. The van der Waals surface area contributed by atoms with E-state index in [1.807, 2.05) is 6.07 Å². The molecule has 4 nitrogen and oxygen atoms in total. The van der Waals surface area contributed by atoms with E-state index in [1.165, 1.54) is 18.2 Å². The highest BCUT2D eigenvalue weighted by molar-refractivity contribution is 6.30. The molecule has 2 N–H and O–H groups in total. The third-order valence-corrected chi connectivity index (χ3v) is 3.11. The van der Waals surface area contributed by atoms with Gasteiger partial charge in [-0.3, -0.25) is 9.59 Å². The third kappa shape index (κ3) is 4.86. The van der Waals surface area contributed by atoms with E-state index in [1.54, 1.807) is 18.2 Å². The summed E-state index contributed by atoms with van der Waals surface area (Å²) in [6, 6.07) is 12.4. The molecule has 0 aliphatic rings. The Balaban J connectivity index is 1.79. The largest absolute Gasteiger partial charge is 0.350 e. The smallest absolute Gasteiger partial charge is 0.251 e. The molecule has 2 aromatic carbocycles. The number of benzene rings is 2. The molecule has 0 unspecified atom stereocenters. The van der Waals surface area contributed by atoms with Gasteiger partial charge in [0, 0.05) is 17.1 Å². The summed E-state index contributed by atoms with van der Waals surface area (Å²) in [5, 5.41) is 5.68. The van der Waals surface area contributed by atoms with Crippen molar-refractivity contribution in [1.82, 2.24) is 10.6 Å². The Morgan fingerprint density at radius 1 is 1.05 bits per heavy atom. The molecular formula is C16H14ClFN2O2. The molecule has 2 aromatic rings. The SMILES string of the molecule is O=C(CNC(=O)c1cccc(F)c1)NCc1cccc(Cl)c1. The minimum absolute atomic E-state index is 0.169. The van der Waals surface area contributed by atoms with Gasteiger partial charge >= 0.3 is 0 Å². The first-order valence-corrected chi connectivity index (χ1v) is 6.97. The summed E-state index contributed by atoms with van der Waals surface area (Å²) in [4.78, 5) is 23.4. The van der Waals surface area contributed by atoms with Crippen molar-refractivity contribution < 1.29 is 14.0 Å². The first-order chi connectivity index (χ1) is 10.5. The van der Waals surface area contributed by atoms with Crippen molar-refractivity contribution in [3.63, 3.8) is 0 Å². The van der Waals surface area contributed by atoms with Crippen LogP contribution in [0, 0.1) is 5.82 Å². The number of rotatable bonds is 5. The van der Waals surface area contributed by atoms with Gasteiger partial charge in [0.15, 0.2) is 0 Å². The highest BCUT2D eigenvalue weighted by Gasteiger charge is 2.08. The van der Waals surface area contributed by atoms with Crippen LogP contribution >= 0.6 is 11.6 Å². The van der Waals surface area contributed by atoms with Gasteiger partial charge in [0.25, 0.3) is 5.91 Å². The van der Waals surface area contributed by atoms with Crippen molar-refractivity contribution in [3.8, 4) is 0 Å². The highest BCUT2D eigenvalue weighted by Crippen LogP contribution is 2.10. The average Bonchev–Trinajstić information content (AvgIpc) is 2.50. The van der Waals surface area contributed by atoms with Crippen LogP contribution in [0.3, 0.4) is 0 Å². The zero-order chi connectivity index (χ0) is 15.9. The summed E-state index contributed by atoms with van der Waals surface area (Å²) in [5.74, 6) is -1.35. The Bertz CT molecular complexity index is 691. The first kappa shape index (κ1) is 16.0. The molecule has 0 atom stereocenters. The Kier molecular flexibility index (Phi) is 5.49. The molecule has 0 fully saturated rings. The lowest BCUT2D eigenvalue weighted by atomic mass is 10.2. The lowest BCUT2D eigenvalue weighted by molar-refractivity contribution is -0.120. The molecule has 0 aliphatic carbocycles. The van der Waals surface area contributed by atoms with Crippen LogP contribution in [0.2, 0.25) is 5.02 Å². The predicted octanol–water partition coefficient (Wildman–Crippen LogP) is 2.53. The van der Waals surface area contributed by atoms with E-state index in [0.29, 0.717) is 11.6 Å². The number of hydrogen-bond donors (Lipinski definition) is 2. The van der Waals surface area contributed by atoms with Crippen LogP contribution in [0.15, 0.2) is 48.5 Å². The molecular weight excluding hydrogens is 307 g/mol. The zero-order valence-electron chi connectivity index (χ0n) is 11.6. The topological polar surface area (TPSA) is 58.2 Å². The molecule has 2 amide bonds. The monoisotopic (exact) mass is 320 g/mol. The van der Waals surface area contributed by atoms with E-state index in [4.69, 9.17) is 11.6 Å². The summed E-state index contributed by atoms with van der Waals surface area (Å²) in [7, 11) is 0. The molecule has 0 bridgehead atoms. The quantitative estimate of drug-likeness (QED) is 0.889. The predicted molar refractivity (Wildman–Crippen MR) is 82.0 cm³/mol. The molecule has 22 heavy (non-hydrogen) atoms. The second kappa shape index (κ2) is 7.56. The van der Waals surface area contributed by atoms with Gasteiger partial charge < -0.3 is 10.6 Å². The summed E-state index contributed by atoms with van der Waals surface area (Å²) < 4.78 is 13.0. The molecule has 6 heteroatoms. The van der Waals surface area contributed by atoms with Crippen molar-refractivity contribution in [1.29, 1.82) is 0 Å². The second-order valence-corrected chi connectivity index (χ2v) is 5.04. The number of nitrogens with one attached hydrogen (secondary N) is 2. The van der Waals surface area contributed by atoms with Crippen molar-refractivity contribution >= 4 is 23.4 Å². The van der Waals surface area contributed by atoms with Crippen LogP contribution in [0.1, 0.15) is 15.9 Å². The van der Waals surface area contributed by atoms with Gasteiger partial charge in [0.05, 0.1) is 6.54 Å². The van der Waals surface area contributed by atoms with Gasteiger partial charge in [0.1, 0.15) is 5.82 Å².